The van der Waals surface area contributed by atoms with Gasteiger partial charge in [-0.2, -0.15) is 0 Å². The molecule has 0 saturated carbocycles. The van der Waals surface area contributed by atoms with Gasteiger partial charge in [0.05, 0.1) is 21.5 Å². The second-order valence-electron chi connectivity index (χ2n) is 2.99. The number of phenolic OH excluding ortho intramolecular Hbond substituents is 1. The van der Waals surface area contributed by atoms with E-state index in [1.165, 1.54) is 0 Å². The first-order valence-electron chi connectivity index (χ1n) is 4.04. The monoisotopic (exact) mass is 300 g/mol. The average Bonchev–Trinajstić information content (AvgIpc) is 2.82. The lowest BCUT2D eigenvalue weighted by atomic mass is 10.2. The van der Waals surface area contributed by atoms with Crippen molar-refractivity contribution in [3.05, 3.63) is 28.2 Å². The SMILES string of the molecule is Oc1c2ccoc2c(I)c2ccoc12. The number of furan rings is 2. The third-order valence-electron chi connectivity index (χ3n) is 2.24. The van der Waals surface area contributed by atoms with Crippen LogP contribution in [0.4, 0.5) is 0 Å². The predicted octanol–water partition coefficient (Wildman–Crippen LogP) is 3.49. The second-order valence-corrected chi connectivity index (χ2v) is 4.07. The molecule has 0 spiro atoms. The summed E-state index contributed by atoms with van der Waals surface area (Å²) < 4.78 is 11.5. The number of hydrogen-bond acceptors (Lipinski definition) is 3. The highest BCUT2D eigenvalue weighted by molar-refractivity contribution is 14.1. The Morgan fingerprint density at radius 1 is 1.00 bits per heavy atom. The molecule has 4 heteroatoms. The van der Waals surface area contributed by atoms with Crippen molar-refractivity contribution in [2.45, 2.75) is 0 Å². The molecule has 0 unspecified atom stereocenters. The Bertz CT molecular complexity index is 518. The Labute approximate surface area is 92.4 Å². The van der Waals surface area contributed by atoms with Gasteiger partial charge in [0.15, 0.2) is 16.9 Å². The molecule has 0 radical (unpaired) electrons. The number of aromatic hydroxyl groups is 1. The van der Waals surface area contributed by atoms with Gasteiger partial charge in [-0.15, -0.1) is 0 Å². The third kappa shape index (κ3) is 0.863. The zero-order valence-electron chi connectivity index (χ0n) is 6.95. The van der Waals surface area contributed by atoms with Crippen LogP contribution in [0.5, 0.6) is 5.75 Å². The zero-order valence-corrected chi connectivity index (χ0v) is 9.11. The minimum atomic E-state index is 0.147. The largest absolute Gasteiger partial charge is 0.504 e. The maximum absolute atomic E-state index is 9.86. The van der Waals surface area contributed by atoms with Gasteiger partial charge in [0.2, 0.25) is 0 Å². The maximum Gasteiger partial charge on any atom is 0.177 e. The molecule has 2 heterocycles. The van der Waals surface area contributed by atoms with Crippen LogP contribution in [0.2, 0.25) is 0 Å². The molecule has 3 nitrogen and oxygen atoms in total. The van der Waals surface area contributed by atoms with E-state index < -0.39 is 0 Å². The summed E-state index contributed by atoms with van der Waals surface area (Å²) in [6.45, 7) is 0. The molecular weight excluding hydrogens is 295 g/mol. The Kier molecular flexibility index (Phi) is 1.55. The second kappa shape index (κ2) is 2.66. The van der Waals surface area contributed by atoms with Crippen molar-refractivity contribution < 1.29 is 13.9 Å². The molecule has 1 aromatic carbocycles. The van der Waals surface area contributed by atoms with Crippen molar-refractivity contribution in [1.29, 1.82) is 0 Å². The highest BCUT2D eigenvalue weighted by Gasteiger charge is 2.15. The molecule has 0 saturated heterocycles. The summed E-state index contributed by atoms with van der Waals surface area (Å²) in [7, 11) is 0. The molecule has 0 fully saturated rings. The number of rotatable bonds is 0. The lowest BCUT2D eigenvalue weighted by Crippen LogP contribution is -1.76. The van der Waals surface area contributed by atoms with Crippen molar-refractivity contribution in [1.82, 2.24) is 0 Å². The smallest absolute Gasteiger partial charge is 0.177 e. The normalized spacial score (nSPS) is 11.5. The van der Waals surface area contributed by atoms with E-state index in [0.717, 1.165) is 8.96 Å². The molecule has 0 bridgehead atoms. The van der Waals surface area contributed by atoms with Crippen molar-refractivity contribution in [3.8, 4) is 5.75 Å². The molecule has 0 aliphatic rings. The zero-order chi connectivity index (χ0) is 9.71. The Morgan fingerprint density at radius 2 is 1.64 bits per heavy atom. The maximum atomic E-state index is 9.86. The highest BCUT2D eigenvalue weighted by atomic mass is 127. The molecule has 0 aliphatic carbocycles. The summed E-state index contributed by atoms with van der Waals surface area (Å²) in [4.78, 5) is 0. The van der Waals surface area contributed by atoms with Crippen molar-refractivity contribution >= 4 is 44.5 Å². The van der Waals surface area contributed by atoms with E-state index in [1.54, 1.807) is 18.6 Å². The Hall–Kier alpha value is -1.17. The minimum Gasteiger partial charge on any atom is -0.504 e. The van der Waals surface area contributed by atoms with Crippen molar-refractivity contribution in [3.63, 3.8) is 0 Å². The van der Waals surface area contributed by atoms with Crippen LogP contribution in [0.25, 0.3) is 21.9 Å². The van der Waals surface area contributed by atoms with Gasteiger partial charge in [-0.3, -0.25) is 0 Å². The number of halogens is 1. The summed E-state index contributed by atoms with van der Waals surface area (Å²) in [6, 6.07) is 3.55. The minimum absolute atomic E-state index is 0.147. The van der Waals surface area contributed by atoms with Gasteiger partial charge in [0, 0.05) is 5.39 Å². The summed E-state index contributed by atoms with van der Waals surface area (Å²) in [5.41, 5.74) is 1.22. The first-order chi connectivity index (χ1) is 6.79. The highest BCUT2D eigenvalue weighted by Crippen LogP contribution is 2.38. The van der Waals surface area contributed by atoms with Gasteiger partial charge < -0.3 is 13.9 Å². The van der Waals surface area contributed by atoms with E-state index in [-0.39, 0.29) is 5.75 Å². The van der Waals surface area contributed by atoms with Crippen LogP contribution in [-0.4, -0.2) is 5.11 Å². The summed E-state index contributed by atoms with van der Waals surface area (Å²) in [5, 5.41) is 11.4. The molecule has 0 amide bonds. The van der Waals surface area contributed by atoms with Crippen LogP contribution in [-0.2, 0) is 0 Å². The molecular formula is C10H5IO3. The lowest BCUT2D eigenvalue weighted by molar-refractivity contribution is 0.470. The topological polar surface area (TPSA) is 46.5 Å². The standard InChI is InChI=1S/C10H5IO3/c11-7-5-1-3-14-10(5)8(12)6-2-4-13-9(6)7/h1-4,12H. The first-order valence-corrected chi connectivity index (χ1v) is 5.12. The van der Waals surface area contributed by atoms with Crippen LogP contribution in [0.3, 0.4) is 0 Å². The quantitative estimate of drug-likeness (QED) is 0.646. The fourth-order valence-electron chi connectivity index (χ4n) is 1.58. The number of fused-ring (bicyclic) bond motifs is 2. The lowest BCUT2D eigenvalue weighted by Gasteiger charge is -1.98. The average molecular weight is 300 g/mol. The molecule has 3 rings (SSSR count). The van der Waals surface area contributed by atoms with Crippen LogP contribution in [0.15, 0.2) is 33.5 Å². The van der Waals surface area contributed by atoms with Crippen LogP contribution < -0.4 is 0 Å². The van der Waals surface area contributed by atoms with Crippen molar-refractivity contribution in [2.75, 3.05) is 0 Å². The number of benzene rings is 1. The van der Waals surface area contributed by atoms with Gasteiger partial charge in [-0.05, 0) is 34.7 Å². The van der Waals surface area contributed by atoms with E-state index in [0.29, 0.717) is 16.6 Å². The molecule has 70 valence electrons. The van der Waals surface area contributed by atoms with E-state index in [1.807, 2.05) is 6.07 Å². The fourth-order valence-corrected chi connectivity index (χ4v) is 2.42. The first kappa shape index (κ1) is 8.16. The van der Waals surface area contributed by atoms with Crippen LogP contribution in [0, 0.1) is 3.57 Å². The van der Waals surface area contributed by atoms with Gasteiger partial charge >= 0.3 is 0 Å². The van der Waals surface area contributed by atoms with Gasteiger partial charge in [0.25, 0.3) is 0 Å². The molecule has 1 N–H and O–H groups in total. The fraction of sp³-hybridized carbons (Fsp3) is 0. The van der Waals surface area contributed by atoms with E-state index in [9.17, 15) is 5.11 Å². The number of hydrogen-bond donors (Lipinski definition) is 1. The molecule has 2 aromatic heterocycles. The van der Waals surface area contributed by atoms with Gasteiger partial charge in [-0.1, -0.05) is 0 Å². The van der Waals surface area contributed by atoms with E-state index in [2.05, 4.69) is 22.6 Å². The molecule has 0 atom stereocenters. The summed E-state index contributed by atoms with van der Waals surface area (Å²) in [5.74, 6) is 0.147. The Balaban J connectivity index is 2.72. The summed E-state index contributed by atoms with van der Waals surface area (Å²) in [6.07, 6.45) is 3.12. The molecule has 3 aromatic rings. The number of phenols is 1. The van der Waals surface area contributed by atoms with E-state index >= 15 is 0 Å². The summed E-state index contributed by atoms with van der Waals surface area (Å²) >= 11 is 2.18. The third-order valence-corrected chi connectivity index (χ3v) is 3.31. The van der Waals surface area contributed by atoms with Crippen LogP contribution >= 0.6 is 22.6 Å². The van der Waals surface area contributed by atoms with E-state index in [4.69, 9.17) is 8.83 Å². The van der Waals surface area contributed by atoms with Gasteiger partial charge in [0.1, 0.15) is 0 Å². The van der Waals surface area contributed by atoms with Gasteiger partial charge in [-0.25, -0.2) is 0 Å². The predicted molar refractivity (Wildman–Crippen MR) is 60.4 cm³/mol. The van der Waals surface area contributed by atoms with Crippen LogP contribution in [0.1, 0.15) is 0 Å². The molecule has 14 heavy (non-hydrogen) atoms. The molecule has 0 aliphatic heterocycles. The Morgan fingerprint density at radius 3 is 2.43 bits per heavy atom. The van der Waals surface area contributed by atoms with Crippen molar-refractivity contribution in [2.24, 2.45) is 0 Å².